The summed E-state index contributed by atoms with van der Waals surface area (Å²) in [5.74, 6) is 0.730. The van der Waals surface area contributed by atoms with Crippen LogP contribution < -0.4 is 10.1 Å². The van der Waals surface area contributed by atoms with Crippen molar-refractivity contribution in [3.63, 3.8) is 0 Å². The number of aromatic hydroxyl groups is 1. The average molecular weight is 362 g/mol. The number of fused-ring (bicyclic) bond motifs is 3. The molecule has 2 N–H and O–H groups in total. The third kappa shape index (κ3) is 3.32. The second-order valence-electron chi connectivity index (χ2n) is 7.55. The molecule has 4 heterocycles. The summed E-state index contributed by atoms with van der Waals surface area (Å²) in [7, 11) is 0. The fourth-order valence-corrected chi connectivity index (χ4v) is 4.34. The van der Waals surface area contributed by atoms with Gasteiger partial charge in [0.2, 0.25) is 5.88 Å². The third-order valence-corrected chi connectivity index (χ3v) is 5.63. The molecule has 6 heteroatoms. The Labute approximate surface area is 157 Å². The van der Waals surface area contributed by atoms with Crippen LogP contribution in [0.25, 0.3) is 22.0 Å². The summed E-state index contributed by atoms with van der Waals surface area (Å²) in [6.07, 6.45) is 9.51. The van der Waals surface area contributed by atoms with Crippen molar-refractivity contribution < 1.29 is 9.84 Å². The van der Waals surface area contributed by atoms with E-state index in [1.54, 1.807) is 18.5 Å². The van der Waals surface area contributed by atoms with E-state index in [1.807, 2.05) is 24.3 Å². The molecule has 0 radical (unpaired) electrons. The minimum absolute atomic E-state index is 0.183. The average Bonchev–Trinajstić information content (AvgIpc) is 2.68. The molecule has 138 valence electrons. The molecule has 2 atom stereocenters. The summed E-state index contributed by atoms with van der Waals surface area (Å²) in [4.78, 5) is 4.14. The summed E-state index contributed by atoms with van der Waals surface area (Å²) in [6, 6.07) is 10.3. The third-order valence-electron chi connectivity index (χ3n) is 5.63. The number of phenolic OH excluding ortho intramolecular Hbond substituents is 1. The number of aromatic nitrogens is 3. The Hall–Kier alpha value is -2.73. The lowest BCUT2D eigenvalue weighted by atomic mass is 9.85. The molecule has 2 aliphatic rings. The van der Waals surface area contributed by atoms with Gasteiger partial charge in [0.25, 0.3) is 0 Å². The molecule has 2 fully saturated rings. The molecule has 2 aliphatic heterocycles. The van der Waals surface area contributed by atoms with E-state index in [1.165, 1.54) is 19.3 Å². The number of piperidine rings is 2. The second kappa shape index (κ2) is 6.78. The molecule has 2 bridgehead atoms. The number of hydrogen-bond donors (Lipinski definition) is 2. The van der Waals surface area contributed by atoms with Gasteiger partial charge < -0.3 is 15.2 Å². The quantitative estimate of drug-likeness (QED) is 0.743. The van der Waals surface area contributed by atoms with Crippen LogP contribution in [0.2, 0.25) is 0 Å². The maximum atomic E-state index is 10.4. The molecule has 0 spiro atoms. The highest BCUT2D eigenvalue weighted by molar-refractivity contribution is 5.89. The van der Waals surface area contributed by atoms with Crippen LogP contribution >= 0.6 is 0 Å². The van der Waals surface area contributed by atoms with Crippen molar-refractivity contribution >= 4 is 10.8 Å². The number of nitrogens with zero attached hydrogens (tertiary/aromatic N) is 3. The maximum Gasteiger partial charge on any atom is 0.233 e. The zero-order valence-corrected chi connectivity index (χ0v) is 15.0. The van der Waals surface area contributed by atoms with E-state index in [0.29, 0.717) is 29.2 Å². The molecule has 6 nitrogen and oxygen atoms in total. The van der Waals surface area contributed by atoms with Crippen molar-refractivity contribution in [2.24, 2.45) is 0 Å². The van der Waals surface area contributed by atoms with Crippen LogP contribution in [0.3, 0.4) is 0 Å². The SMILES string of the molecule is Oc1cc2ccncc2cc1-c1ccc(OC2CC3CCCC(C2)N3)nn1. The normalized spacial score (nSPS) is 24.7. The highest BCUT2D eigenvalue weighted by Crippen LogP contribution is 2.33. The Morgan fingerprint density at radius 2 is 1.85 bits per heavy atom. The van der Waals surface area contributed by atoms with E-state index in [2.05, 4.69) is 20.5 Å². The molecule has 0 aliphatic carbocycles. The fourth-order valence-electron chi connectivity index (χ4n) is 4.34. The highest BCUT2D eigenvalue weighted by Gasteiger charge is 2.32. The van der Waals surface area contributed by atoms with Crippen LogP contribution in [0.5, 0.6) is 11.6 Å². The summed E-state index contributed by atoms with van der Waals surface area (Å²) in [5, 5.41) is 24.4. The van der Waals surface area contributed by atoms with Gasteiger partial charge in [-0.05, 0) is 55.3 Å². The highest BCUT2D eigenvalue weighted by atomic mass is 16.5. The molecular formula is C21H22N4O2. The Bertz CT molecular complexity index is 948. The van der Waals surface area contributed by atoms with Gasteiger partial charge in [-0.3, -0.25) is 4.98 Å². The van der Waals surface area contributed by atoms with Gasteiger partial charge in [0, 0.05) is 41.5 Å². The van der Waals surface area contributed by atoms with Crippen molar-refractivity contribution in [3.8, 4) is 22.9 Å². The smallest absolute Gasteiger partial charge is 0.233 e. The van der Waals surface area contributed by atoms with Crippen molar-refractivity contribution in [2.75, 3.05) is 0 Å². The van der Waals surface area contributed by atoms with Crippen LogP contribution in [-0.4, -0.2) is 38.5 Å². The van der Waals surface area contributed by atoms with E-state index in [4.69, 9.17) is 4.74 Å². The van der Waals surface area contributed by atoms with Crippen molar-refractivity contribution in [3.05, 3.63) is 42.7 Å². The minimum Gasteiger partial charge on any atom is -0.507 e. The Kier molecular flexibility index (Phi) is 4.13. The summed E-state index contributed by atoms with van der Waals surface area (Å²) < 4.78 is 6.10. The maximum absolute atomic E-state index is 10.4. The van der Waals surface area contributed by atoms with E-state index in [9.17, 15) is 5.11 Å². The van der Waals surface area contributed by atoms with Gasteiger partial charge in [0.15, 0.2) is 0 Å². The Morgan fingerprint density at radius 1 is 1.00 bits per heavy atom. The lowest BCUT2D eigenvalue weighted by Crippen LogP contribution is -2.51. The fraction of sp³-hybridized carbons (Fsp3) is 0.381. The van der Waals surface area contributed by atoms with Crippen molar-refractivity contribution in [1.29, 1.82) is 0 Å². The first-order valence-corrected chi connectivity index (χ1v) is 9.58. The number of benzene rings is 1. The first kappa shape index (κ1) is 16.4. The van der Waals surface area contributed by atoms with Crippen molar-refractivity contribution in [1.82, 2.24) is 20.5 Å². The predicted octanol–water partition coefficient (Wildman–Crippen LogP) is 3.45. The van der Waals surface area contributed by atoms with Gasteiger partial charge >= 0.3 is 0 Å². The molecule has 2 unspecified atom stereocenters. The topological polar surface area (TPSA) is 80.2 Å². The molecule has 27 heavy (non-hydrogen) atoms. The van der Waals surface area contributed by atoms with E-state index < -0.39 is 0 Å². The summed E-state index contributed by atoms with van der Waals surface area (Å²) in [6.45, 7) is 0. The molecular weight excluding hydrogens is 340 g/mol. The summed E-state index contributed by atoms with van der Waals surface area (Å²) in [5.41, 5.74) is 1.26. The van der Waals surface area contributed by atoms with Gasteiger partial charge in [0.05, 0.1) is 5.69 Å². The molecule has 0 amide bonds. The lowest BCUT2D eigenvalue weighted by molar-refractivity contribution is 0.0881. The van der Waals surface area contributed by atoms with E-state index in [-0.39, 0.29) is 11.9 Å². The molecule has 3 aromatic rings. The summed E-state index contributed by atoms with van der Waals surface area (Å²) >= 11 is 0. The van der Waals surface area contributed by atoms with Gasteiger partial charge in [-0.1, -0.05) is 6.42 Å². The zero-order chi connectivity index (χ0) is 18.2. The largest absolute Gasteiger partial charge is 0.507 e. The predicted molar refractivity (Wildman–Crippen MR) is 103 cm³/mol. The van der Waals surface area contributed by atoms with Gasteiger partial charge in [0.1, 0.15) is 11.9 Å². The number of pyridine rings is 1. The van der Waals surface area contributed by atoms with Crippen LogP contribution in [0.4, 0.5) is 0 Å². The first-order valence-electron chi connectivity index (χ1n) is 9.58. The lowest BCUT2D eigenvalue weighted by Gasteiger charge is -2.39. The second-order valence-corrected chi connectivity index (χ2v) is 7.55. The van der Waals surface area contributed by atoms with Crippen molar-refractivity contribution in [2.45, 2.75) is 50.3 Å². The first-order chi connectivity index (χ1) is 13.2. The molecule has 1 aromatic carbocycles. The number of hydrogen-bond acceptors (Lipinski definition) is 6. The van der Waals surface area contributed by atoms with Crippen LogP contribution in [-0.2, 0) is 0 Å². The van der Waals surface area contributed by atoms with Crippen LogP contribution in [0, 0.1) is 0 Å². The molecule has 2 saturated heterocycles. The molecule has 2 aromatic heterocycles. The Balaban J connectivity index is 1.35. The zero-order valence-electron chi connectivity index (χ0n) is 15.0. The number of ether oxygens (including phenoxy) is 1. The minimum atomic E-state index is 0.183. The van der Waals surface area contributed by atoms with E-state index >= 15 is 0 Å². The molecule has 0 saturated carbocycles. The number of rotatable bonds is 3. The van der Waals surface area contributed by atoms with Crippen LogP contribution in [0.1, 0.15) is 32.1 Å². The molecule has 5 rings (SSSR count). The van der Waals surface area contributed by atoms with Gasteiger partial charge in [-0.2, -0.15) is 0 Å². The van der Waals surface area contributed by atoms with E-state index in [0.717, 1.165) is 23.6 Å². The standard InChI is InChI=1S/C21H22N4O2/c26-20-9-13-6-7-22-12-14(13)8-18(20)19-4-5-21(25-24-19)27-17-10-15-2-1-3-16(11-17)23-15/h4-9,12,15-17,23,26H,1-3,10-11H2. The van der Waals surface area contributed by atoms with Gasteiger partial charge in [-0.15, -0.1) is 10.2 Å². The Morgan fingerprint density at radius 3 is 2.63 bits per heavy atom. The monoisotopic (exact) mass is 362 g/mol. The number of phenols is 1. The number of nitrogens with one attached hydrogen (secondary N) is 1. The van der Waals surface area contributed by atoms with Gasteiger partial charge in [-0.25, -0.2) is 0 Å². The van der Waals surface area contributed by atoms with Crippen LogP contribution in [0.15, 0.2) is 42.7 Å².